The van der Waals surface area contributed by atoms with E-state index in [1.54, 1.807) is 25.1 Å². The van der Waals surface area contributed by atoms with Crippen LogP contribution in [0.5, 0.6) is 0 Å². The van der Waals surface area contributed by atoms with E-state index in [9.17, 15) is 13.2 Å². The molecule has 0 aliphatic carbocycles. The predicted molar refractivity (Wildman–Crippen MR) is 76.4 cm³/mol. The number of nitrogens with one attached hydrogen (secondary N) is 1. The summed E-state index contributed by atoms with van der Waals surface area (Å²) in [5, 5.41) is 8.74. The highest BCUT2D eigenvalue weighted by Gasteiger charge is 2.15. The van der Waals surface area contributed by atoms with Crippen molar-refractivity contribution in [3.63, 3.8) is 0 Å². The van der Waals surface area contributed by atoms with Crippen molar-refractivity contribution in [2.75, 3.05) is 0 Å². The van der Waals surface area contributed by atoms with Crippen LogP contribution in [0.1, 0.15) is 21.6 Å². The lowest BCUT2D eigenvalue weighted by atomic mass is 10.2. The summed E-state index contributed by atoms with van der Waals surface area (Å²) in [7, 11) is -3.61. The van der Waals surface area contributed by atoms with Gasteiger partial charge in [-0.25, -0.2) is 22.9 Å². The molecule has 2 aromatic rings. The molecule has 2 rings (SSSR count). The van der Waals surface area contributed by atoms with Crippen LogP contribution in [-0.2, 0) is 16.6 Å². The monoisotopic (exact) mass is 306 g/mol. The van der Waals surface area contributed by atoms with Gasteiger partial charge in [0.05, 0.1) is 4.90 Å². The number of aromatic nitrogens is 1. The largest absolute Gasteiger partial charge is 0.477 e. The van der Waals surface area contributed by atoms with Gasteiger partial charge < -0.3 is 5.11 Å². The number of carbonyl (C=O) groups is 1. The first-order valence-electron chi connectivity index (χ1n) is 6.13. The quantitative estimate of drug-likeness (QED) is 0.874. The summed E-state index contributed by atoms with van der Waals surface area (Å²) in [6, 6.07) is 9.53. The summed E-state index contributed by atoms with van der Waals surface area (Å²) >= 11 is 0. The predicted octanol–water partition coefficient (Wildman–Crippen LogP) is 1.57. The number of sulfonamides is 1. The average molecular weight is 306 g/mol. The molecule has 0 radical (unpaired) electrons. The highest BCUT2D eigenvalue weighted by Crippen LogP contribution is 2.14. The molecule has 0 saturated heterocycles. The van der Waals surface area contributed by atoms with E-state index >= 15 is 0 Å². The van der Waals surface area contributed by atoms with Gasteiger partial charge >= 0.3 is 5.97 Å². The van der Waals surface area contributed by atoms with Crippen LogP contribution >= 0.6 is 0 Å². The molecule has 21 heavy (non-hydrogen) atoms. The molecule has 0 saturated carbocycles. The zero-order valence-corrected chi connectivity index (χ0v) is 12.1. The van der Waals surface area contributed by atoms with E-state index in [2.05, 4.69) is 9.71 Å². The first-order chi connectivity index (χ1) is 9.90. The van der Waals surface area contributed by atoms with Crippen molar-refractivity contribution >= 4 is 16.0 Å². The van der Waals surface area contributed by atoms with Crippen LogP contribution in [0.3, 0.4) is 0 Å². The normalized spacial score (nSPS) is 11.3. The number of aromatic carboxylic acids is 1. The Morgan fingerprint density at radius 1 is 1.24 bits per heavy atom. The first-order valence-corrected chi connectivity index (χ1v) is 7.62. The number of aryl methyl sites for hydroxylation is 1. The molecule has 2 N–H and O–H groups in total. The number of hydrogen-bond donors (Lipinski definition) is 2. The summed E-state index contributed by atoms with van der Waals surface area (Å²) in [6.07, 6.45) is 1.34. The second-order valence-electron chi connectivity index (χ2n) is 4.45. The van der Waals surface area contributed by atoms with Crippen molar-refractivity contribution < 1.29 is 18.3 Å². The van der Waals surface area contributed by atoms with Crippen molar-refractivity contribution in [2.45, 2.75) is 18.4 Å². The SMILES string of the molecule is Cc1ccccc1S(=O)(=O)NCc1ccc(C(=O)O)nc1. The molecule has 0 aliphatic heterocycles. The minimum absolute atomic E-state index is 0.0452. The smallest absolute Gasteiger partial charge is 0.354 e. The minimum Gasteiger partial charge on any atom is -0.477 e. The number of rotatable bonds is 5. The van der Waals surface area contributed by atoms with Gasteiger partial charge in [-0.3, -0.25) is 0 Å². The fourth-order valence-corrected chi connectivity index (χ4v) is 3.03. The fourth-order valence-electron chi connectivity index (χ4n) is 1.77. The number of pyridine rings is 1. The Morgan fingerprint density at radius 3 is 2.52 bits per heavy atom. The van der Waals surface area contributed by atoms with E-state index < -0.39 is 16.0 Å². The summed E-state index contributed by atoms with van der Waals surface area (Å²) in [5.74, 6) is -1.12. The van der Waals surface area contributed by atoms with E-state index in [4.69, 9.17) is 5.11 Å². The molecule has 0 unspecified atom stereocenters. The van der Waals surface area contributed by atoms with Gasteiger partial charge in [-0.2, -0.15) is 0 Å². The number of hydrogen-bond acceptors (Lipinski definition) is 4. The van der Waals surface area contributed by atoms with Crippen LogP contribution in [0.15, 0.2) is 47.5 Å². The van der Waals surface area contributed by atoms with Gasteiger partial charge in [-0.15, -0.1) is 0 Å². The molecule has 1 heterocycles. The van der Waals surface area contributed by atoms with Gasteiger partial charge in [0.1, 0.15) is 5.69 Å². The third-order valence-electron chi connectivity index (χ3n) is 2.89. The Hall–Kier alpha value is -2.25. The molecule has 7 heteroatoms. The second kappa shape index (κ2) is 6.02. The molecule has 0 bridgehead atoms. The van der Waals surface area contributed by atoms with Gasteiger partial charge in [-0.05, 0) is 30.2 Å². The van der Waals surface area contributed by atoms with E-state index in [1.165, 1.54) is 24.4 Å². The van der Waals surface area contributed by atoms with Gasteiger partial charge in [0, 0.05) is 12.7 Å². The standard InChI is InChI=1S/C14H14N2O4S/c1-10-4-2-3-5-13(10)21(19,20)16-9-11-6-7-12(14(17)18)15-8-11/h2-8,16H,9H2,1H3,(H,17,18). The van der Waals surface area contributed by atoms with Crippen molar-refractivity contribution in [1.29, 1.82) is 0 Å². The molecule has 1 aromatic carbocycles. The van der Waals surface area contributed by atoms with Crippen molar-refractivity contribution in [3.05, 3.63) is 59.4 Å². The first kappa shape index (κ1) is 15.1. The van der Waals surface area contributed by atoms with Gasteiger partial charge in [0.2, 0.25) is 10.0 Å². The summed E-state index contributed by atoms with van der Waals surface area (Å²) in [6.45, 7) is 1.77. The van der Waals surface area contributed by atoms with Crippen molar-refractivity contribution in [2.24, 2.45) is 0 Å². The van der Waals surface area contributed by atoms with Crippen LogP contribution in [0.4, 0.5) is 0 Å². The van der Waals surface area contributed by atoms with Crippen LogP contribution in [-0.4, -0.2) is 24.5 Å². The van der Waals surface area contributed by atoms with E-state index in [-0.39, 0.29) is 17.1 Å². The second-order valence-corrected chi connectivity index (χ2v) is 6.18. The third kappa shape index (κ3) is 3.65. The maximum atomic E-state index is 12.2. The summed E-state index contributed by atoms with van der Waals surface area (Å²) in [5.41, 5.74) is 1.15. The zero-order valence-electron chi connectivity index (χ0n) is 11.3. The highest BCUT2D eigenvalue weighted by molar-refractivity contribution is 7.89. The maximum absolute atomic E-state index is 12.2. The fraction of sp³-hybridized carbons (Fsp3) is 0.143. The topological polar surface area (TPSA) is 96.4 Å². The number of carboxylic acids is 1. The Labute approximate surface area is 122 Å². The van der Waals surface area contributed by atoms with Crippen molar-refractivity contribution in [3.8, 4) is 0 Å². The molecule has 0 fully saturated rings. The highest BCUT2D eigenvalue weighted by atomic mass is 32.2. The van der Waals surface area contributed by atoms with Crippen LogP contribution in [0, 0.1) is 6.92 Å². The molecule has 0 atom stereocenters. The lowest BCUT2D eigenvalue weighted by Crippen LogP contribution is -2.24. The number of benzene rings is 1. The summed E-state index contributed by atoms with van der Waals surface area (Å²) < 4.78 is 26.8. The molecular weight excluding hydrogens is 292 g/mol. The van der Waals surface area contributed by atoms with E-state index in [0.29, 0.717) is 11.1 Å². The molecule has 0 amide bonds. The van der Waals surface area contributed by atoms with Crippen LogP contribution in [0.2, 0.25) is 0 Å². The average Bonchev–Trinajstić information content (AvgIpc) is 2.46. The zero-order chi connectivity index (χ0) is 15.5. The van der Waals surface area contributed by atoms with Crippen LogP contribution < -0.4 is 4.72 Å². The Balaban J connectivity index is 2.12. The Kier molecular flexibility index (Phi) is 4.35. The van der Waals surface area contributed by atoms with E-state index in [0.717, 1.165) is 0 Å². The molecule has 1 aromatic heterocycles. The molecule has 0 spiro atoms. The summed E-state index contributed by atoms with van der Waals surface area (Å²) in [4.78, 5) is 14.6. The molecule has 6 nitrogen and oxygen atoms in total. The van der Waals surface area contributed by atoms with Crippen LogP contribution in [0.25, 0.3) is 0 Å². The Morgan fingerprint density at radius 2 is 1.95 bits per heavy atom. The van der Waals surface area contributed by atoms with E-state index in [1.807, 2.05) is 0 Å². The number of carboxylic acid groups (broad SMARTS) is 1. The lowest BCUT2D eigenvalue weighted by molar-refractivity contribution is 0.0690. The molecule has 0 aliphatic rings. The molecule has 110 valence electrons. The van der Waals surface area contributed by atoms with Gasteiger partial charge in [-0.1, -0.05) is 24.3 Å². The Bertz CT molecular complexity index is 755. The number of nitrogens with zero attached hydrogens (tertiary/aromatic N) is 1. The van der Waals surface area contributed by atoms with Gasteiger partial charge in [0.15, 0.2) is 0 Å². The maximum Gasteiger partial charge on any atom is 0.354 e. The van der Waals surface area contributed by atoms with Crippen molar-refractivity contribution in [1.82, 2.24) is 9.71 Å². The minimum atomic E-state index is -3.61. The molecular formula is C14H14N2O4S. The third-order valence-corrected chi connectivity index (χ3v) is 4.45. The van der Waals surface area contributed by atoms with Gasteiger partial charge in [0.25, 0.3) is 0 Å². The lowest BCUT2D eigenvalue weighted by Gasteiger charge is -2.09.